The topological polar surface area (TPSA) is 159 Å². The number of amides is 2. The Labute approximate surface area is 323 Å². The molecule has 4 N–H and O–H groups in total. The van der Waals surface area contributed by atoms with Crippen LogP contribution in [0.15, 0.2) is 11.6 Å². The molecule has 0 bridgehead atoms. The molecule has 10 heteroatoms. The van der Waals surface area contributed by atoms with Crippen LogP contribution in [0.25, 0.3) is 0 Å². The first kappa shape index (κ1) is 42.2. The molecule has 0 aliphatic heterocycles. The third-order valence-electron chi connectivity index (χ3n) is 16.2. The van der Waals surface area contributed by atoms with Gasteiger partial charge in [-0.1, -0.05) is 66.5 Å². The van der Waals surface area contributed by atoms with Crippen molar-refractivity contribution in [3.8, 4) is 0 Å². The predicted octanol–water partition coefficient (Wildman–Crippen LogP) is 8.22. The van der Waals surface area contributed by atoms with Crippen LogP contribution in [0.1, 0.15) is 165 Å². The van der Waals surface area contributed by atoms with Crippen molar-refractivity contribution in [1.82, 2.24) is 10.6 Å². The number of allylic oxidation sites excluding steroid dienone is 2. The second kappa shape index (κ2) is 15.6. The lowest BCUT2D eigenvalue weighted by atomic mass is 9.33. The Morgan fingerprint density at radius 2 is 1.52 bits per heavy atom. The number of nitrogens with one attached hydrogen (secondary N) is 2. The number of ether oxygens (including phenoxy) is 1. The fourth-order valence-corrected chi connectivity index (χ4v) is 12.8. The largest absolute Gasteiger partial charge is 0.481 e. The van der Waals surface area contributed by atoms with Gasteiger partial charge in [-0.3, -0.25) is 24.0 Å². The normalized spacial score (nSPS) is 36.8. The summed E-state index contributed by atoms with van der Waals surface area (Å²) in [6, 6.07) is -0.900. The van der Waals surface area contributed by atoms with Gasteiger partial charge in [0.2, 0.25) is 11.8 Å². The first-order valence-corrected chi connectivity index (χ1v) is 21.1. The third-order valence-corrected chi connectivity index (χ3v) is 16.2. The molecule has 0 aromatic carbocycles. The molecule has 0 saturated heterocycles. The monoisotopic (exact) mass is 755 g/mol. The van der Waals surface area contributed by atoms with Crippen LogP contribution in [0.3, 0.4) is 0 Å². The zero-order valence-electron chi connectivity index (χ0n) is 34.5. The molecule has 0 aromatic rings. The van der Waals surface area contributed by atoms with Gasteiger partial charge >= 0.3 is 17.9 Å². The maximum Gasteiger partial charge on any atom is 0.325 e. The van der Waals surface area contributed by atoms with E-state index in [9.17, 15) is 24.0 Å². The molecule has 4 saturated carbocycles. The smallest absolute Gasteiger partial charge is 0.325 e. The van der Waals surface area contributed by atoms with E-state index in [0.29, 0.717) is 31.2 Å². The van der Waals surface area contributed by atoms with Crippen LogP contribution in [-0.2, 0) is 28.7 Å². The Bertz CT molecular complexity index is 1500. The van der Waals surface area contributed by atoms with Crippen LogP contribution < -0.4 is 10.6 Å². The summed E-state index contributed by atoms with van der Waals surface area (Å²) in [5.41, 5.74) is 1.23. The quantitative estimate of drug-likeness (QED) is 0.0785. The summed E-state index contributed by atoms with van der Waals surface area (Å²) in [6.07, 6.45) is 15.2. The number of carbonyl (C=O) groups is 5. The van der Waals surface area contributed by atoms with Crippen molar-refractivity contribution >= 4 is 29.7 Å². The van der Waals surface area contributed by atoms with E-state index in [1.165, 1.54) is 12.5 Å². The third kappa shape index (κ3) is 7.74. The number of carboxylic acid groups (broad SMARTS) is 2. The van der Waals surface area contributed by atoms with Gasteiger partial charge in [-0.2, -0.15) is 0 Å². The summed E-state index contributed by atoms with van der Waals surface area (Å²) in [7, 11) is 0. The number of fused-ring (bicyclic) bond motifs is 7. The minimum atomic E-state index is -1.05. The summed E-state index contributed by atoms with van der Waals surface area (Å²) in [5.74, 6) is -1.19. The highest BCUT2D eigenvalue weighted by Gasteiger charge is 2.69. The van der Waals surface area contributed by atoms with Crippen molar-refractivity contribution in [2.45, 2.75) is 177 Å². The molecule has 5 aliphatic rings. The summed E-state index contributed by atoms with van der Waals surface area (Å²) in [4.78, 5) is 61.3. The number of esters is 1. The molecule has 10 nitrogen and oxygen atoms in total. The summed E-state index contributed by atoms with van der Waals surface area (Å²) >= 11 is 0. The van der Waals surface area contributed by atoms with Crippen LogP contribution in [0.4, 0.5) is 0 Å². The van der Waals surface area contributed by atoms with Gasteiger partial charge in [-0.05, 0) is 130 Å². The summed E-state index contributed by atoms with van der Waals surface area (Å²) < 4.78 is 6.12. The Balaban J connectivity index is 1.29. The number of carboxylic acids is 2. The minimum absolute atomic E-state index is 0.0118. The molecular formula is C44H70N2O8. The Morgan fingerprint density at radius 3 is 2.20 bits per heavy atom. The highest BCUT2D eigenvalue weighted by atomic mass is 16.5. The highest BCUT2D eigenvalue weighted by Crippen LogP contribution is 2.76. The Hall–Kier alpha value is -2.91. The molecule has 0 radical (unpaired) electrons. The van der Waals surface area contributed by atoms with Crippen molar-refractivity contribution < 1.29 is 38.9 Å². The van der Waals surface area contributed by atoms with Gasteiger partial charge < -0.3 is 25.6 Å². The van der Waals surface area contributed by atoms with Gasteiger partial charge in [0.25, 0.3) is 0 Å². The molecule has 2 amide bonds. The van der Waals surface area contributed by atoms with E-state index in [1.807, 2.05) is 0 Å². The van der Waals surface area contributed by atoms with Crippen molar-refractivity contribution in [3.63, 3.8) is 0 Å². The minimum Gasteiger partial charge on any atom is -0.481 e. The lowest BCUT2D eigenvalue weighted by molar-refractivity contribution is -0.213. The average molecular weight is 755 g/mol. The summed E-state index contributed by atoms with van der Waals surface area (Å²) in [6.45, 7) is 19.0. The molecular weight excluding hydrogens is 684 g/mol. The number of unbranched alkanes of at least 4 members (excludes halogenated alkanes) is 2. The number of hydrogen-bond donors (Lipinski definition) is 4. The van der Waals surface area contributed by atoms with Crippen LogP contribution in [0.5, 0.6) is 0 Å². The van der Waals surface area contributed by atoms with E-state index in [0.717, 1.165) is 77.0 Å². The molecule has 54 heavy (non-hydrogen) atoms. The Morgan fingerprint density at radius 1 is 0.815 bits per heavy atom. The van der Waals surface area contributed by atoms with E-state index >= 15 is 0 Å². The highest BCUT2D eigenvalue weighted by molar-refractivity contribution is 5.84. The molecule has 0 heterocycles. The molecule has 4 fully saturated rings. The van der Waals surface area contributed by atoms with Crippen LogP contribution in [-0.4, -0.2) is 58.6 Å². The van der Waals surface area contributed by atoms with Gasteiger partial charge in [0.15, 0.2) is 0 Å². The van der Waals surface area contributed by atoms with Crippen LogP contribution in [0, 0.1) is 50.2 Å². The van der Waals surface area contributed by atoms with Crippen LogP contribution >= 0.6 is 0 Å². The number of hydrogen-bond acceptors (Lipinski definition) is 6. The first-order valence-electron chi connectivity index (χ1n) is 21.1. The van der Waals surface area contributed by atoms with E-state index in [-0.39, 0.29) is 76.1 Å². The lowest BCUT2D eigenvalue weighted by Gasteiger charge is -2.71. The van der Waals surface area contributed by atoms with Gasteiger partial charge in [0, 0.05) is 31.2 Å². The van der Waals surface area contributed by atoms with Crippen LogP contribution in [0.2, 0.25) is 0 Å². The maximum absolute atomic E-state index is 14.4. The summed E-state index contributed by atoms with van der Waals surface area (Å²) in [5, 5.41) is 23.9. The zero-order valence-corrected chi connectivity index (χ0v) is 34.5. The zero-order chi connectivity index (χ0) is 39.9. The number of rotatable bonds is 14. The standard InChI is InChI=1S/C44H70N2O8/c1-28(37(51)52)46-34(47)13-10-9-11-26-45-38(53)44-24-22-39(2,3)27-30(44)29-16-17-32-41(6)20-19-33(54-36(50)15-12-14-35(48)49)40(4,5)31(41)18-21-43(32,8)42(29,7)23-25-44/h16,28,30-33H,9-15,17-27H2,1-8H3,(H,45,53)(H,46,47)(H,48,49)(H,51,52)/t28-,30?,31?,32?,33-,41-,42+,43+,44-/m0/s1. The van der Waals surface area contributed by atoms with E-state index in [2.05, 4.69) is 65.2 Å². The SMILES string of the molecule is C[C@H](NC(=O)CCCCCNC(=O)[C@]12CCC(C)(C)CC1C1=CCC3[C@@]4(C)CC[C@H](OC(=O)CCCC(=O)O)C(C)(C)C4CC[C@@]3(C)[C@]1(C)CC2)C(=O)O. The Kier molecular flexibility index (Phi) is 12.2. The fourth-order valence-electron chi connectivity index (χ4n) is 12.8. The molecule has 0 spiro atoms. The molecule has 9 atom stereocenters. The number of carbonyl (C=O) groups excluding carboxylic acids is 3. The van der Waals surface area contributed by atoms with Gasteiger partial charge in [-0.25, -0.2) is 0 Å². The fraction of sp³-hybridized carbons (Fsp3) is 0.841. The predicted molar refractivity (Wildman–Crippen MR) is 207 cm³/mol. The van der Waals surface area contributed by atoms with Crippen molar-refractivity contribution in [3.05, 3.63) is 11.6 Å². The molecule has 0 aromatic heterocycles. The molecule has 3 unspecified atom stereocenters. The van der Waals surface area contributed by atoms with Crippen molar-refractivity contribution in [2.24, 2.45) is 50.2 Å². The van der Waals surface area contributed by atoms with E-state index in [4.69, 9.17) is 14.9 Å². The van der Waals surface area contributed by atoms with E-state index < -0.39 is 23.4 Å². The van der Waals surface area contributed by atoms with Gasteiger partial charge in [-0.15, -0.1) is 0 Å². The first-order chi connectivity index (χ1) is 25.1. The molecule has 5 rings (SSSR count). The van der Waals surface area contributed by atoms with E-state index in [1.54, 1.807) is 0 Å². The lowest BCUT2D eigenvalue weighted by Crippen LogP contribution is -2.65. The second-order valence-electron chi connectivity index (χ2n) is 20.2. The van der Waals surface area contributed by atoms with Gasteiger partial charge in [0.1, 0.15) is 12.1 Å². The number of aliphatic carboxylic acids is 2. The molecule has 304 valence electrons. The second-order valence-corrected chi connectivity index (χ2v) is 20.2. The van der Waals surface area contributed by atoms with Crippen molar-refractivity contribution in [1.29, 1.82) is 0 Å². The van der Waals surface area contributed by atoms with Crippen molar-refractivity contribution in [2.75, 3.05) is 6.54 Å². The molecule has 5 aliphatic carbocycles. The maximum atomic E-state index is 14.4. The van der Waals surface area contributed by atoms with Gasteiger partial charge in [0.05, 0.1) is 5.41 Å². The average Bonchev–Trinajstić information content (AvgIpc) is 3.07.